The molecule has 278 valence electrons. The Balaban J connectivity index is 1.12. The minimum Gasteiger partial charge on any atom is -0.456 e. The Hall–Kier alpha value is -7.96. The molecule has 2 aromatic heterocycles. The number of furan rings is 1. The fourth-order valence-corrected chi connectivity index (χ4v) is 8.14. The van der Waals surface area contributed by atoms with E-state index in [1.807, 2.05) is 84.9 Å². The van der Waals surface area contributed by atoms with Crippen LogP contribution in [0.5, 0.6) is 0 Å². The van der Waals surface area contributed by atoms with Gasteiger partial charge in [0.05, 0.1) is 11.4 Å². The van der Waals surface area contributed by atoms with Crippen LogP contribution >= 0.6 is 0 Å². The molecule has 0 aliphatic carbocycles. The van der Waals surface area contributed by atoms with Crippen molar-refractivity contribution in [1.29, 1.82) is 0 Å². The second-order valence-electron chi connectivity index (χ2n) is 14.6. The smallest absolute Gasteiger partial charge is 0.160 e. The third-order valence-electron chi connectivity index (χ3n) is 11.0. The molecule has 10 aromatic rings. The molecule has 1 aliphatic rings. The van der Waals surface area contributed by atoms with Crippen LogP contribution in [0.15, 0.2) is 215 Å². The topological polar surface area (TPSA) is 75.7 Å². The maximum atomic E-state index is 6.65. The molecule has 8 aromatic carbocycles. The molecule has 1 unspecified atom stereocenters. The summed E-state index contributed by atoms with van der Waals surface area (Å²) in [6.07, 6.45) is -0.342. The molecule has 0 saturated carbocycles. The van der Waals surface area contributed by atoms with Gasteiger partial charge in [0.25, 0.3) is 0 Å². The van der Waals surface area contributed by atoms with Gasteiger partial charge in [0, 0.05) is 38.6 Å². The zero-order valence-corrected chi connectivity index (χ0v) is 31.8. The van der Waals surface area contributed by atoms with Crippen LogP contribution in [0.1, 0.15) is 22.9 Å². The lowest BCUT2D eigenvalue weighted by atomic mass is 9.91. The van der Waals surface area contributed by atoms with Gasteiger partial charge in [0.1, 0.15) is 23.2 Å². The molecule has 3 heterocycles. The number of hydrogen-bond acceptors (Lipinski definition) is 6. The number of hydrogen-bond donors (Lipinski definition) is 1. The van der Waals surface area contributed by atoms with Crippen LogP contribution in [0, 0.1) is 0 Å². The molecule has 0 bridgehead atoms. The number of fused-ring (bicyclic) bond motifs is 4. The summed E-state index contributed by atoms with van der Waals surface area (Å²) in [6, 6.07) is 68.7. The van der Waals surface area contributed by atoms with Gasteiger partial charge in [-0.05, 0) is 51.7 Å². The lowest BCUT2D eigenvalue weighted by Gasteiger charge is -2.24. The van der Waals surface area contributed by atoms with E-state index in [0.717, 1.165) is 94.4 Å². The summed E-state index contributed by atoms with van der Waals surface area (Å²) in [6.45, 7) is 0. The maximum Gasteiger partial charge on any atom is 0.160 e. The Morgan fingerprint density at radius 1 is 0.424 bits per heavy atom. The fourth-order valence-electron chi connectivity index (χ4n) is 8.14. The van der Waals surface area contributed by atoms with Crippen molar-refractivity contribution < 1.29 is 4.42 Å². The summed E-state index contributed by atoms with van der Waals surface area (Å²) < 4.78 is 6.65. The normalized spacial score (nSPS) is 13.9. The monoisotopic (exact) mass is 757 g/mol. The highest BCUT2D eigenvalue weighted by molar-refractivity contribution is 6.23. The van der Waals surface area contributed by atoms with Gasteiger partial charge in [0.15, 0.2) is 11.7 Å². The Bertz CT molecular complexity index is 3170. The largest absolute Gasteiger partial charge is 0.456 e. The van der Waals surface area contributed by atoms with Crippen molar-refractivity contribution in [3.05, 3.63) is 217 Å². The summed E-state index contributed by atoms with van der Waals surface area (Å²) in [4.78, 5) is 20.8. The minimum absolute atomic E-state index is 0.342. The van der Waals surface area contributed by atoms with Crippen molar-refractivity contribution in [2.24, 2.45) is 9.98 Å². The first-order valence-electron chi connectivity index (χ1n) is 19.7. The number of para-hydroxylation sites is 1. The molecule has 0 saturated heterocycles. The number of rotatable bonds is 7. The number of amidine groups is 2. The average Bonchev–Trinajstić information content (AvgIpc) is 3.70. The molecule has 6 nitrogen and oxygen atoms in total. The van der Waals surface area contributed by atoms with Crippen molar-refractivity contribution in [2.75, 3.05) is 0 Å². The van der Waals surface area contributed by atoms with Crippen LogP contribution in [0.3, 0.4) is 0 Å². The van der Waals surface area contributed by atoms with E-state index < -0.39 is 0 Å². The Labute approximate surface area is 340 Å². The van der Waals surface area contributed by atoms with E-state index in [9.17, 15) is 0 Å². The average molecular weight is 758 g/mol. The van der Waals surface area contributed by atoms with Crippen LogP contribution in [0.4, 0.5) is 0 Å². The molecule has 6 heteroatoms. The van der Waals surface area contributed by atoms with Crippen molar-refractivity contribution in [2.45, 2.75) is 6.17 Å². The van der Waals surface area contributed by atoms with Gasteiger partial charge in [-0.3, -0.25) is 0 Å². The number of nitrogens with one attached hydrogen (secondary N) is 1. The molecule has 0 spiro atoms. The standard InChI is InChI=1S/C53H35N5O/c1-5-17-34(18-6-1)45-33-46(55-50(54-45)35-19-7-2-8-20-35)42-30-29-39(40-25-13-14-26-41(40)42)38-31-44(49-43-27-15-16-28-47(43)59-48(49)32-38)53-57-51(36-21-9-3-10-22-36)56-52(58-53)37-23-11-4-12-24-37/h1-33,51H,(H,56,57,58). The SMILES string of the molecule is c1ccc(C2=NC(c3cc(-c4ccc(-c5cc(-c6ccccc6)nc(-c6ccccc6)n5)c5ccccc45)cc4oc5ccccc5c34)=NC(c3ccccc3)N2)cc1. The van der Waals surface area contributed by atoms with Gasteiger partial charge >= 0.3 is 0 Å². The van der Waals surface area contributed by atoms with Crippen LogP contribution in [0.2, 0.25) is 0 Å². The molecule has 1 aliphatic heterocycles. The van der Waals surface area contributed by atoms with E-state index in [1.54, 1.807) is 0 Å². The van der Waals surface area contributed by atoms with Gasteiger partial charge in [-0.1, -0.05) is 176 Å². The minimum atomic E-state index is -0.342. The lowest BCUT2D eigenvalue weighted by Crippen LogP contribution is -2.33. The van der Waals surface area contributed by atoms with Gasteiger partial charge in [-0.15, -0.1) is 0 Å². The Kier molecular flexibility index (Phi) is 8.44. The molecular formula is C53H35N5O. The van der Waals surface area contributed by atoms with E-state index >= 15 is 0 Å². The van der Waals surface area contributed by atoms with Crippen molar-refractivity contribution in [3.63, 3.8) is 0 Å². The van der Waals surface area contributed by atoms with Crippen LogP contribution in [-0.4, -0.2) is 21.6 Å². The second-order valence-corrected chi connectivity index (χ2v) is 14.6. The first kappa shape index (κ1) is 34.3. The van der Waals surface area contributed by atoms with Crippen molar-refractivity contribution in [3.8, 4) is 45.0 Å². The van der Waals surface area contributed by atoms with Crippen molar-refractivity contribution in [1.82, 2.24) is 15.3 Å². The molecular weight excluding hydrogens is 723 g/mol. The molecule has 0 radical (unpaired) electrons. The predicted molar refractivity (Wildman–Crippen MR) is 240 cm³/mol. The van der Waals surface area contributed by atoms with E-state index in [2.05, 4.69) is 121 Å². The third kappa shape index (κ3) is 6.33. The molecule has 1 atom stereocenters. The van der Waals surface area contributed by atoms with E-state index in [0.29, 0.717) is 11.7 Å². The van der Waals surface area contributed by atoms with Gasteiger partial charge in [-0.25, -0.2) is 20.0 Å². The quantitative estimate of drug-likeness (QED) is 0.176. The number of aromatic nitrogens is 2. The van der Waals surface area contributed by atoms with E-state index in [4.69, 9.17) is 24.4 Å². The fraction of sp³-hybridized carbons (Fsp3) is 0.0189. The number of nitrogens with zero attached hydrogens (tertiary/aromatic N) is 4. The zero-order chi connectivity index (χ0) is 39.1. The molecule has 59 heavy (non-hydrogen) atoms. The summed E-state index contributed by atoms with van der Waals surface area (Å²) in [7, 11) is 0. The highest BCUT2D eigenvalue weighted by Gasteiger charge is 2.25. The summed E-state index contributed by atoms with van der Waals surface area (Å²) in [5.74, 6) is 2.08. The highest BCUT2D eigenvalue weighted by atomic mass is 16.3. The lowest BCUT2D eigenvalue weighted by molar-refractivity contribution is 0.668. The highest BCUT2D eigenvalue weighted by Crippen LogP contribution is 2.41. The summed E-state index contributed by atoms with van der Waals surface area (Å²) >= 11 is 0. The Morgan fingerprint density at radius 3 is 1.73 bits per heavy atom. The second kappa shape index (κ2) is 14.5. The van der Waals surface area contributed by atoms with Crippen LogP contribution in [-0.2, 0) is 0 Å². The zero-order valence-electron chi connectivity index (χ0n) is 31.8. The van der Waals surface area contributed by atoms with Gasteiger partial charge < -0.3 is 9.73 Å². The summed E-state index contributed by atoms with van der Waals surface area (Å²) in [5, 5.41) is 7.79. The summed E-state index contributed by atoms with van der Waals surface area (Å²) in [5.41, 5.74) is 11.3. The number of aliphatic imine (C=N–C) groups is 2. The maximum absolute atomic E-state index is 6.65. The molecule has 11 rings (SSSR count). The molecule has 0 fully saturated rings. The van der Waals surface area contributed by atoms with Gasteiger partial charge in [0.2, 0.25) is 0 Å². The first-order valence-corrected chi connectivity index (χ1v) is 19.7. The molecule has 1 N–H and O–H groups in total. The predicted octanol–water partition coefficient (Wildman–Crippen LogP) is 12.7. The van der Waals surface area contributed by atoms with E-state index in [-0.39, 0.29) is 6.17 Å². The molecule has 0 amide bonds. The van der Waals surface area contributed by atoms with Crippen LogP contribution in [0.25, 0.3) is 77.7 Å². The van der Waals surface area contributed by atoms with Crippen molar-refractivity contribution >= 4 is 44.4 Å². The van der Waals surface area contributed by atoms with Gasteiger partial charge in [-0.2, -0.15) is 0 Å². The van der Waals surface area contributed by atoms with Crippen LogP contribution < -0.4 is 5.32 Å². The number of benzene rings is 8. The Morgan fingerprint density at radius 2 is 1.00 bits per heavy atom. The van der Waals surface area contributed by atoms with E-state index in [1.165, 1.54) is 0 Å². The first-order chi connectivity index (χ1) is 29.2. The third-order valence-corrected chi connectivity index (χ3v) is 11.0.